The number of pyridine rings is 1. The molecule has 0 saturated carbocycles. The molecule has 0 unspecified atom stereocenters. The van der Waals surface area contributed by atoms with Crippen molar-refractivity contribution in [3.63, 3.8) is 0 Å². The zero-order chi connectivity index (χ0) is 13.8. The lowest BCUT2D eigenvalue weighted by Gasteiger charge is -2.17. The molecule has 1 aromatic heterocycles. The summed E-state index contributed by atoms with van der Waals surface area (Å²) in [6.45, 7) is 5.93. The Hall–Kier alpha value is -1.91. The number of carbonyl (C=O) groups excluding carboxylic acids is 2. The molecule has 1 aromatic rings. The first kappa shape index (κ1) is 14.2. The zero-order valence-electron chi connectivity index (χ0n) is 11.1. The van der Waals surface area contributed by atoms with E-state index in [1.165, 1.54) is 13.2 Å². The third-order valence-corrected chi connectivity index (χ3v) is 2.10. The van der Waals surface area contributed by atoms with Crippen LogP contribution >= 0.6 is 0 Å². The van der Waals surface area contributed by atoms with Gasteiger partial charge < -0.3 is 10.1 Å². The molecule has 1 heterocycles. The van der Waals surface area contributed by atoms with Gasteiger partial charge in [-0.05, 0) is 17.5 Å². The van der Waals surface area contributed by atoms with E-state index in [1.54, 1.807) is 12.1 Å². The number of nitrogens with one attached hydrogen (secondary N) is 1. The van der Waals surface area contributed by atoms with E-state index >= 15 is 0 Å². The van der Waals surface area contributed by atoms with Gasteiger partial charge in [0.2, 0.25) is 5.91 Å². The summed E-state index contributed by atoms with van der Waals surface area (Å²) in [7, 11) is 1.29. The first-order valence-electron chi connectivity index (χ1n) is 5.67. The van der Waals surface area contributed by atoms with Crippen molar-refractivity contribution in [2.75, 3.05) is 12.4 Å². The van der Waals surface area contributed by atoms with Crippen molar-refractivity contribution < 1.29 is 14.3 Å². The number of rotatable bonds is 3. The van der Waals surface area contributed by atoms with Crippen LogP contribution in [0.15, 0.2) is 18.2 Å². The van der Waals surface area contributed by atoms with E-state index in [0.29, 0.717) is 12.2 Å². The number of ether oxygens (including phenoxy) is 1. The zero-order valence-corrected chi connectivity index (χ0v) is 11.1. The third kappa shape index (κ3) is 4.53. The van der Waals surface area contributed by atoms with E-state index in [2.05, 4.69) is 15.0 Å². The Morgan fingerprint density at radius 1 is 1.33 bits per heavy atom. The van der Waals surface area contributed by atoms with Gasteiger partial charge in [-0.1, -0.05) is 26.8 Å². The number of anilines is 1. The average molecular weight is 250 g/mol. The SMILES string of the molecule is COC(=O)c1cccc(NC(=O)CC(C)(C)C)n1. The van der Waals surface area contributed by atoms with Crippen molar-refractivity contribution in [1.82, 2.24) is 4.98 Å². The second-order valence-corrected chi connectivity index (χ2v) is 5.19. The van der Waals surface area contributed by atoms with Crippen LogP contribution < -0.4 is 5.32 Å². The monoisotopic (exact) mass is 250 g/mol. The van der Waals surface area contributed by atoms with Gasteiger partial charge in [-0.2, -0.15) is 0 Å². The minimum absolute atomic E-state index is 0.0932. The Morgan fingerprint density at radius 2 is 2.00 bits per heavy atom. The molecule has 0 aliphatic carbocycles. The average Bonchev–Trinajstić information content (AvgIpc) is 2.25. The smallest absolute Gasteiger partial charge is 0.356 e. The van der Waals surface area contributed by atoms with Crippen molar-refractivity contribution in [1.29, 1.82) is 0 Å². The largest absolute Gasteiger partial charge is 0.464 e. The van der Waals surface area contributed by atoms with Crippen molar-refractivity contribution in [3.05, 3.63) is 23.9 Å². The molecule has 0 spiro atoms. The van der Waals surface area contributed by atoms with Crippen molar-refractivity contribution in [2.45, 2.75) is 27.2 Å². The summed E-state index contributed by atoms with van der Waals surface area (Å²) in [5, 5.41) is 2.66. The molecule has 18 heavy (non-hydrogen) atoms. The number of aromatic nitrogens is 1. The van der Waals surface area contributed by atoms with Crippen molar-refractivity contribution >= 4 is 17.7 Å². The van der Waals surface area contributed by atoms with Crippen LogP contribution in [0.25, 0.3) is 0 Å². The number of hydrogen-bond acceptors (Lipinski definition) is 4. The molecule has 0 radical (unpaired) electrons. The number of nitrogens with zero attached hydrogens (tertiary/aromatic N) is 1. The summed E-state index contributed by atoms with van der Waals surface area (Å²) in [4.78, 5) is 27.0. The summed E-state index contributed by atoms with van der Waals surface area (Å²) in [6, 6.07) is 4.81. The molecular formula is C13H18N2O3. The molecule has 1 rings (SSSR count). The van der Waals surface area contributed by atoms with Crippen LogP contribution in [-0.2, 0) is 9.53 Å². The number of esters is 1. The predicted octanol–water partition coefficient (Wildman–Crippen LogP) is 2.24. The standard InChI is InChI=1S/C13H18N2O3/c1-13(2,3)8-11(16)15-10-7-5-6-9(14-10)12(17)18-4/h5-7H,8H2,1-4H3,(H,14,15,16). The summed E-state index contributed by atoms with van der Waals surface area (Å²) < 4.78 is 4.56. The fraction of sp³-hybridized carbons (Fsp3) is 0.462. The Labute approximate surface area is 107 Å². The van der Waals surface area contributed by atoms with E-state index in [1.807, 2.05) is 20.8 Å². The summed E-state index contributed by atoms with van der Waals surface area (Å²) in [6.07, 6.45) is 0.386. The molecular weight excluding hydrogens is 232 g/mol. The highest BCUT2D eigenvalue weighted by Crippen LogP contribution is 2.19. The van der Waals surface area contributed by atoms with Gasteiger partial charge in [-0.15, -0.1) is 0 Å². The maximum Gasteiger partial charge on any atom is 0.356 e. The van der Waals surface area contributed by atoms with Gasteiger partial charge >= 0.3 is 5.97 Å². The number of carbonyl (C=O) groups is 2. The first-order valence-corrected chi connectivity index (χ1v) is 5.67. The fourth-order valence-corrected chi connectivity index (χ4v) is 1.39. The Morgan fingerprint density at radius 3 is 2.56 bits per heavy atom. The lowest BCUT2D eigenvalue weighted by molar-refractivity contribution is -0.117. The molecule has 0 bridgehead atoms. The van der Waals surface area contributed by atoms with Gasteiger partial charge in [-0.3, -0.25) is 4.79 Å². The van der Waals surface area contributed by atoms with Crippen molar-refractivity contribution in [2.24, 2.45) is 5.41 Å². The highest BCUT2D eigenvalue weighted by molar-refractivity contribution is 5.91. The van der Waals surface area contributed by atoms with Crippen LogP contribution in [0, 0.1) is 5.41 Å². The molecule has 0 fully saturated rings. The van der Waals surface area contributed by atoms with Gasteiger partial charge in [0, 0.05) is 6.42 Å². The van der Waals surface area contributed by atoms with Crippen LogP contribution in [0.1, 0.15) is 37.7 Å². The molecule has 1 amide bonds. The molecule has 5 nitrogen and oxygen atoms in total. The summed E-state index contributed by atoms with van der Waals surface area (Å²) >= 11 is 0. The number of hydrogen-bond donors (Lipinski definition) is 1. The Balaban J connectivity index is 2.74. The van der Waals surface area contributed by atoms with E-state index < -0.39 is 5.97 Å². The highest BCUT2D eigenvalue weighted by atomic mass is 16.5. The minimum atomic E-state index is -0.526. The molecule has 5 heteroatoms. The summed E-state index contributed by atoms with van der Waals surface area (Å²) in [5.41, 5.74) is 0.0791. The van der Waals surface area contributed by atoms with Crippen LogP contribution in [0.5, 0.6) is 0 Å². The maximum absolute atomic E-state index is 11.7. The van der Waals surface area contributed by atoms with Gasteiger partial charge in [0.15, 0.2) is 5.69 Å². The van der Waals surface area contributed by atoms with E-state index in [9.17, 15) is 9.59 Å². The Kier molecular flexibility index (Phi) is 4.42. The maximum atomic E-state index is 11.7. The van der Waals surface area contributed by atoms with Gasteiger partial charge in [0.25, 0.3) is 0 Å². The van der Waals surface area contributed by atoms with Gasteiger partial charge in [-0.25, -0.2) is 9.78 Å². The first-order chi connectivity index (χ1) is 8.31. The highest BCUT2D eigenvalue weighted by Gasteiger charge is 2.16. The van der Waals surface area contributed by atoms with E-state index in [0.717, 1.165) is 0 Å². The Bertz CT molecular complexity index is 450. The second-order valence-electron chi connectivity index (χ2n) is 5.19. The lowest BCUT2D eigenvalue weighted by atomic mass is 9.92. The predicted molar refractivity (Wildman–Crippen MR) is 68.3 cm³/mol. The van der Waals surface area contributed by atoms with Crippen LogP contribution in [-0.4, -0.2) is 24.0 Å². The molecule has 0 aliphatic heterocycles. The van der Waals surface area contributed by atoms with E-state index in [4.69, 9.17) is 0 Å². The molecule has 0 atom stereocenters. The quantitative estimate of drug-likeness (QED) is 0.835. The molecule has 0 saturated heterocycles. The van der Waals surface area contributed by atoms with E-state index in [-0.39, 0.29) is 17.0 Å². The fourth-order valence-electron chi connectivity index (χ4n) is 1.39. The second kappa shape index (κ2) is 5.62. The molecule has 98 valence electrons. The van der Waals surface area contributed by atoms with Crippen molar-refractivity contribution in [3.8, 4) is 0 Å². The van der Waals surface area contributed by atoms with Crippen LogP contribution in [0.3, 0.4) is 0 Å². The lowest BCUT2D eigenvalue weighted by Crippen LogP contribution is -2.20. The minimum Gasteiger partial charge on any atom is -0.464 e. The summed E-state index contributed by atoms with van der Waals surface area (Å²) in [5.74, 6) is -0.300. The van der Waals surface area contributed by atoms with Crippen LogP contribution in [0.4, 0.5) is 5.82 Å². The molecule has 1 N–H and O–H groups in total. The third-order valence-electron chi connectivity index (χ3n) is 2.10. The van der Waals surface area contributed by atoms with Gasteiger partial charge in [0.05, 0.1) is 7.11 Å². The number of methoxy groups -OCH3 is 1. The van der Waals surface area contributed by atoms with Gasteiger partial charge in [0.1, 0.15) is 5.82 Å². The van der Waals surface area contributed by atoms with Crippen LogP contribution in [0.2, 0.25) is 0 Å². The topological polar surface area (TPSA) is 68.3 Å². The molecule has 0 aliphatic rings. The normalized spacial score (nSPS) is 10.9. The number of amides is 1. The molecule has 0 aromatic carbocycles.